The largest absolute Gasteiger partial charge is 0.325 e. The van der Waals surface area contributed by atoms with Gasteiger partial charge >= 0.3 is 0 Å². The summed E-state index contributed by atoms with van der Waals surface area (Å²) in [5, 5.41) is 8.38. The number of hydrogen-bond donors (Lipinski definition) is 1. The molecule has 0 aliphatic rings. The number of nitrogens with one attached hydrogen (secondary N) is 1. The minimum Gasteiger partial charge on any atom is -0.325 e. The standard InChI is InChI=1S/C22H20N4OS/c1-15-8-6-7-11-19(15)25-20(27)14-28-21-12-16(2)24-22-18(13-23-26(21)22)17-9-4-3-5-10-17/h3-13H,14H2,1-2H3,(H,25,27). The van der Waals surface area contributed by atoms with E-state index in [0.29, 0.717) is 5.75 Å². The summed E-state index contributed by atoms with van der Waals surface area (Å²) in [6.45, 7) is 3.94. The quantitative estimate of drug-likeness (QED) is 0.396. The maximum absolute atomic E-state index is 12.4. The molecule has 0 aliphatic heterocycles. The van der Waals surface area contributed by atoms with Gasteiger partial charge in [0.25, 0.3) is 0 Å². The van der Waals surface area contributed by atoms with Crippen LogP contribution in [-0.2, 0) is 4.79 Å². The van der Waals surface area contributed by atoms with E-state index in [1.54, 1.807) is 4.52 Å². The van der Waals surface area contributed by atoms with Crippen LogP contribution in [-0.4, -0.2) is 26.3 Å². The van der Waals surface area contributed by atoms with Crippen molar-refractivity contribution in [2.24, 2.45) is 0 Å². The Morgan fingerprint density at radius 2 is 1.82 bits per heavy atom. The van der Waals surface area contributed by atoms with Gasteiger partial charge in [-0.3, -0.25) is 4.79 Å². The van der Waals surface area contributed by atoms with Crippen molar-refractivity contribution in [2.45, 2.75) is 18.9 Å². The summed E-state index contributed by atoms with van der Waals surface area (Å²) in [5.74, 6) is 0.255. The fraction of sp³-hybridized carbons (Fsp3) is 0.136. The molecular weight excluding hydrogens is 368 g/mol. The van der Waals surface area contributed by atoms with Crippen molar-refractivity contribution in [3.05, 3.63) is 78.1 Å². The lowest BCUT2D eigenvalue weighted by Crippen LogP contribution is -2.15. The van der Waals surface area contributed by atoms with E-state index in [0.717, 1.165) is 38.7 Å². The van der Waals surface area contributed by atoms with Crippen molar-refractivity contribution in [1.29, 1.82) is 0 Å². The van der Waals surface area contributed by atoms with E-state index in [1.807, 2.05) is 80.7 Å². The van der Waals surface area contributed by atoms with Crippen LogP contribution in [0.4, 0.5) is 5.69 Å². The fourth-order valence-electron chi connectivity index (χ4n) is 3.01. The third kappa shape index (κ3) is 3.77. The second-order valence-corrected chi connectivity index (χ2v) is 7.54. The molecule has 140 valence electrons. The molecule has 0 spiro atoms. The minimum atomic E-state index is -0.0441. The normalized spacial score (nSPS) is 10.9. The van der Waals surface area contributed by atoms with Gasteiger partial charge in [-0.05, 0) is 37.1 Å². The maximum Gasteiger partial charge on any atom is 0.234 e. The topological polar surface area (TPSA) is 59.3 Å². The molecular formula is C22H20N4OS. The van der Waals surface area contributed by atoms with E-state index in [2.05, 4.69) is 15.4 Å². The Morgan fingerprint density at radius 1 is 1.07 bits per heavy atom. The smallest absolute Gasteiger partial charge is 0.234 e. The maximum atomic E-state index is 12.4. The highest BCUT2D eigenvalue weighted by molar-refractivity contribution is 7.99. The summed E-state index contributed by atoms with van der Waals surface area (Å²) in [6.07, 6.45) is 1.83. The fourth-order valence-corrected chi connectivity index (χ4v) is 3.87. The van der Waals surface area contributed by atoms with E-state index < -0.39 is 0 Å². The SMILES string of the molecule is Cc1cc(SCC(=O)Nc2ccccc2C)n2ncc(-c3ccccc3)c2n1. The van der Waals surface area contributed by atoms with Crippen LogP contribution < -0.4 is 5.32 Å². The molecule has 0 saturated heterocycles. The molecule has 0 saturated carbocycles. The third-order valence-corrected chi connectivity index (χ3v) is 5.42. The van der Waals surface area contributed by atoms with Gasteiger partial charge in [0, 0.05) is 16.9 Å². The van der Waals surface area contributed by atoms with E-state index >= 15 is 0 Å². The summed E-state index contributed by atoms with van der Waals surface area (Å²) in [7, 11) is 0. The van der Waals surface area contributed by atoms with Crippen molar-refractivity contribution in [3.8, 4) is 11.1 Å². The van der Waals surface area contributed by atoms with Gasteiger partial charge in [0.1, 0.15) is 5.03 Å². The first kappa shape index (κ1) is 18.3. The summed E-state index contributed by atoms with van der Waals surface area (Å²) < 4.78 is 1.81. The summed E-state index contributed by atoms with van der Waals surface area (Å²) in [4.78, 5) is 17.1. The Balaban J connectivity index is 1.57. The Labute approximate surface area is 167 Å². The Hall–Kier alpha value is -3.12. The second kappa shape index (κ2) is 7.86. The molecule has 0 bridgehead atoms. The number of carbonyl (C=O) groups is 1. The molecule has 4 rings (SSSR count). The summed E-state index contributed by atoms with van der Waals surface area (Å²) in [5.41, 5.74) is 5.64. The molecule has 1 amide bonds. The molecule has 5 nitrogen and oxygen atoms in total. The van der Waals surface area contributed by atoms with Gasteiger partial charge in [0.15, 0.2) is 5.65 Å². The van der Waals surface area contributed by atoms with Crippen molar-refractivity contribution < 1.29 is 4.79 Å². The molecule has 28 heavy (non-hydrogen) atoms. The molecule has 4 aromatic rings. The first-order valence-electron chi connectivity index (χ1n) is 9.01. The van der Waals surface area contributed by atoms with Crippen molar-refractivity contribution in [1.82, 2.24) is 14.6 Å². The predicted octanol–water partition coefficient (Wildman–Crippen LogP) is 4.74. The number of nitrogens with zero attached hydrogens (tertiary/aromatic N) is 3. The zero-order valence-electron chi connectivity index (χ0n) is 15.7. The van der Waals surface area contributed by atoms with Gasteiger partial charge in [-0.2, -0.15) is 5.10 Å². The van der Waals surface area contributed by atoms with Crippen LogP contribution in [0.3, 0.4) is 0 Å². The number of benzene rings is 2. The molecule has 6 heteroatoms. The van der Waals surface area contributed by atoms with E-state index in [1.165, 1.54) is 11.8 Å². The van der Waals surface area contributed by atoms with Crippen LogP contribution in [0.5, 0.6) is 0 Å². The van der Waals surface area contributed by atoms with Crippen LogP contribution in [0.15, 0.2) is 71.9 Å². The Bertz CT molecular complexity index is 1140. The molecule has 2 aromatic heterocycles. The minimum absolute atomic E-state index is 0.0441. The Kier molecular flexibility index (Phi) is 5.12. The van der Waals surface area contributed by atoms with Crippen LogP contribution in [0, 0.1) is 13.8 Å². The number of anilines is 1. The number of para-hydroxylation sites is 1. The number of thioether (sulfide) groups is 1. The lowest BCUT2D eigenvalue weighted by atomic mass is 10.1. The summed E-state index contributed by atoms with van der Waals surface area (Å²) in [6, 6.07) is 19.8. The van der Waals surface area contributed by atoms with Crippen molar-refractivity contribution in [2.75, 3.05) is 11.1 Å². The Morgan fingerprint density at radius 3 is 2.61 bits per heavy atom. The molecule has 0 radical (unpaired) electrons. The number of aryl methyl sites for hydroxylation is 2. The zero-order valence-corrected chi connectivity index (χ0v) is 16.5. The number of amides is 1. The van der Waals surface area contributed by atoms with Crippen LogP contribution in [0.2, 0.25) is 0 Å². The number of rotatable bonds is 5. The highest BCUT2D eigenvalue weighted by atomic mass is 32.2. The van der Waals surface area contributed by atoms with Gasteiger partial charge in [0.05, 0.1) is 11.9 Å². The van der Waals surface area contributed by atoms with Crippen LogP contribution in [0.1, 0.15) is 11.3 Å². The van der Waals surface area contributed by atoms with Crippen molar-refractivity contribution >= 4 is 29.0 Å². The van der Waals surface area contributed by atoms with Gasteiger partial charge in [-0.1, -0.05) is 60.3 Å². The highest BCUT2D eigenvalue weighted by Crippen LogP contribution is 2.27. The van der Waals surface area contributed by atoms with Crippen LogP contribution in [0.25, 0.3) is 16.8 Å². The molecule has 1 N–H and O–H groups in total. The highest BCUT2D eigenvalue weighted by Gasteiger charge is 2.13. The lowest BCUT2D eigenvalue weighted by molar-refractivity contribution is -0.113. The van der Waals surface area contributed by atoms with E-state index in [-0.39, 0.29) is 5.91 Å². The second-order valence-electron chi connectivity index (χ2n) is 6.55. The van der Waals surface area contributed by atoms with Crippen LogP contribution >= 0.6 is 11.8 Å². The molecule has 0 unspecified atom stereocenters. The molecule has 2 heterocycles. The van der Waals surface area contributed by atoms with Gasteiger partial charge in [-0.25, -0.2) is 9.50 Å². The average molecular weight is 388 g/mol. The predicted molar refractivity (Wildman–Crippen MR) is 114 cm³/mol. The van der Waals surface area contributed by atoms with E-state index in [4.69, 9.17) is 0 Å². The monoisotopic (exact) mass is 388 g/mol. The van der Waals surface area contributed by atoms with Gasteiger partial charge in [0.2, 0.25) is 5.91 Å². The van der Waals surface area contributed by atoms with Gasteiger partial charge in [-0.15, -0.1) is 0 Å². The first-order valence-corrected chi connectivity index (χ1v) is 9.99. The molecule has 2 aromatic carbocycles. The summed E-state index contributed by atoms with van der Waals surface area (Å²) >= 11 is 1.45. The lowest BCUT2D eigenvalue weighted by Gasteiger charge is -2.09. The number of carbonyl (C=O) groups excluding carboxylic acids is 1. The molecule has 0 aliphatic carbocycles. The van der Waals surface area contributed by atoms with Gasteiger partial charge < -0.3 is 5.32 Å². The molecule has 0 fully saturated rings. The number of fused-ring (bicyclic) bond motifs is 1. The number of hydrogen-bond acceptors (Lipinski definition) is 4. The number of aromatic nitrogens is 3. The zero-order chi connectivity index (χ0) is 19.5. The first-order chi connectivity index (χ1) is 13.6. The molecule has 0 atom stereocenters. The van der Waals surface area contributed by atoms with E-state index in [9.17, 15) is 4.79 Å². The average Bonchev–Trinajstić information content (AvgIpc) is 3.12. The van der Waals surface area contributed by atoms with Crippen molar-refractivity contribution in [3.63, 3.8) is 0 Å². The third-order valence-electron chi connectivity index (χ3n) is 4.42.